The molecule has 1 heterocycles. The van der Waals surface area contributed by atoms with E-state index >= 15 is 0 Å². The predicted octanol–water partition coefficient (Wildman–Crippen LogP) is 5.80. The smallest absolute Gasteiger partial charge is 0.379 e. The van der Waals surface area contributed by atoms with Crippen LogP contribution in [-0.2, 0) is 16.1 Å². The van der Waals surface area contributed by atoms with Crippen LogP contribution >= 0.6 is 17.0 Å². The number of amides is 1. The van der Waals surface area contributed by atoms with Crippen molar-refractivity contribution < 1.29 is 28.3 Å². The molecule has 0 spiro atoms. The largest absolute Gasteiger partial charge is 0.457 e. The molecule has 4 N–H and O–H groups in total. The summed E-state index contributed by atoms with van der Waals surface area (Å²) in [6.07, 6.45) is 2.95. The lowest BCUT2D eigenvalue weighted by Gasteiger charge is -2.17. The molecule has 41 heavy (non-hydrogen) atoms. The monoisotopic (exact) mass is 619 g/mol. The molecule has 0 atom stereocenters. The fourth-order valence-corrected chi connectivity index (χ4v) is 3.71. The number of benzene rings is 3. The third kappa shape index (κ3) is 8.64. The number of rotatable bonds is 8. The summed E-state index contributed by atoms with van der Waals surface area (Å²) in [5.41, 5.74) is 6.74. The summed E-state index contributed by atoms with van der Waals surface area (Å²) in [7, 11) is 0. The van der Waals surface area contributed by atoms with Crippen LogP contribution in [0.5, 0.6) is 5.75 Å². The summed E-state index contributed by atoms with van der Waals surface area (Å²) in [5, 5.41) is 12.0. The molecule has 0 aliphatic carbocycles. The van der Waals surface area contributed by atoms with E-state index in [4.69, 9.17) is 25.0 Å². The van der Waals surface area contributed by atoms with Gasteiger partial charge in [-0.15, -0.1) is 17.0 Å². The van der Waals surface area contributed by atoms with Gasteiger partial charge in [-0.2, -0.15) is 0 Å². The number of nitrogens with two attached hydrogens (primary N) is 1. The van der Waals surface area contributed by atoms with Gasteiger partial charge in [0.25, 0.3) is 5.91 Å². The second-order valence-electron chi connectivity index (χ2n) is 9.96. The normalized spacial score (nSPS) is 11.1. The first-order valence-corrected chi connectivity index (χ1v) is 12.5. The molecule has 1 aromatic heterocycles. The van der Waals surface area contributed by atoms with Gasteiger partial charge in [0.1, 0.15) is 22.9 Å². The molecule has 3 aromatic carbocycles. The highest BCUT2D eigenvalue weighted by Crippen LogP contribution is 2.23. The second-order valence-corrected chi connectivity index (χ2v) is 9.96. The molecule has 4 rings (SSSR count). The highest BCUT2D eigenvalue weighted by Gasteiger charge is 2.16. The first kappa shape index (κ1) is 30.8. The van der Waals surface area contributed by atoms with Crippen molar-refractivity contribution in [2.45, 2.75) is 32.9 Å². The lowest BCUT2D eigenvalue weighted by molar-refractivity contribution is -0.148. The molecular formula is C31H30BrN3O6. The molecule has 9 nitrogen and oxygen atoms in total. The van der Waals surface area contributed by atoms with Crippen molar-refractivity contribution in [1.82, 2.24) is 5.32 Å². The standard InChI is InChI=1S/C31H29N3O6.BrH/c1-31(2,3)40-27(35)15-6-19-4-7-20(8-5-19)29(36)34-18-25-13-14-26(38-25)30(37)39-24-12-11-21-16-23(28(32)33)10-9-22(21)17-24;/h4-17H,18H2,1-3H3,(H3,32,33)(H,34,36);1H. The van der Waals surface area contributed by atoms with Crippen molar-refractivity contribution in [3.8, 4) is 5.75 Å². The van der Waals surface area contributed by atoms with Gasteiger partial charge in [0.2, 0.25) is 5.76 Å². The molecule has 0 bridgehead atoms. The van der Waals surface area contributed by atoms with Crippen molar-refractivity contribution in [3.63, 3.8) is 0 Å². The quantitative estimate of drug-likeness (QED) is 0.0743. The predicted molar refractivity (Wildman–Crippen MR) is 161 cm³/mol. The number of hydrogen-bond acceptors (Lipinski definition) is 7. The summed E-state index contributed by atoms with van der Waals surface area (Å²) in [5.74, 6) is -0.754. The number of amidine groups is 1. The van der Waals surface area contributed by atoms with Gasteiger partial charge in [0, 0.05) is 17.2 Å². The Bertz CT molecular complexity index is 1620. The second kappa shape index (κ2) is 13.1. The van der Waals surface area contributed by atoms with E-state index in [0.717, 1.165) is 16.3 Å². The number of fused-ring (bicyclic) bond motifs is 1. The molecule has 212 valence electrons. The third-order valence-electron chi connectivity index (χ3n) is 5.61. The molecule has 4 aromatic rings. The minimum atomic E-state index is -0.674. The summed E-state index contributed by atoms with van der Waals surface area (Å²) in [6, 6.07) is 20.2. The van der Waals surface area contributed by atoms with Gasteiger partial charge in [-0.25, -0.2) is 9.59 Å². The summed E-state index contributed by atoms with van der Waals surface area (Å²) < 4.78 is 16.2. The number of hydrogen-bond donors (Lipinski definition) is 3. The maximum Gasteiger partial charge on any atom is 0.379 e. The molecule has 1 amide bonds. The minimum absolute atomic E-state index is 0. The zero-order valence-corrected chi connectivity index (χ0v) is 24.4. The van der Waals surface area contributed by atoms with Crippen molar-refractivity contribution in [2.75, 3.05) is 0 Å². The average Bonchev–Trinajstić information content (AvgIpc) is 3.39. The number of nitrogens with one attached hydrogen (secondary N) is 2. The van der Waals surface area contributed by atoms with Crippen LogP contribution in [0.3, 0.4) is 0 Å². The van der Waals surface area contributed by atoms with Crippen LogP contribution in [0.1, 0.15) is 58.6 Å². The van der Waals surface area contributed by atoms with E-state index in [1.165, 1.54) is 12.1 Å². The minimum Gasteiger partial charge on any atom is -0.457 e. The Labute approximate surface area is 247 Å². The Balaban J connectivity index is 0.00000462. The van der Waals surface area contributed by atoms with Gasteiger partial charge in [-0.1, -0.05) is 30.3 Å². The van der Waals surface area contributed by atoms with Crippen molar-refractivity contribution in [3.05, 3.63) is 107 Å². The summed E-state index contributed by atoms with van der Waals surface area (Å²) >= 11 is 0. The van der Waals surface area contributed by atoms with E-state index in [-0.39, 0.29) is 41.0 Å². The molecule has 10 heteroatoms. The lowest BCUT2D eigenvalue weighted by Crippen LogP contribution is -2.22. The van der Waals surface area contributed by atoms with Gasteiger partial charge >= 0.3 is 11.9 Å². The van der Waals surface area contributed by atoms with Gasteiger partial charge < -0.3 is 24.9 Å². The Morgan fingerprint density at radius 3 is 2.27 bits per heavy atom. The highest BCUT2D eigenvalue weighted by atomic mass is 79.9. The van der Waals surface area contributed by atoms with Crippen molar-refractivity contribution >= 4 is 57.5 Å². The molecule has 0 unspecified atom stereocenters. The van der Waals surface area contributed by atoms with Crippen molar-refractivity contribution in [1.29, 1.82) is 5.41 Å². The molecule has 0 aliphatic heterocycles. The van der Waals surface area contributed by atoms with Crippen LogP contribution in [0.15, 0.2) is 83.3 Å². The fourth-order valence-electron chi connectivity index (χ4n) is 3.71. The summed E-state index contributed by atoms with van der Waals surface area (Å²) in [4.78, 5) is 36.9. The molecule has 0 saturated carbocycles. The highest BCUT2D eigenvalue weighted by molar-refractivity contribution is 8.93. The molecule has 0 saturated heterocycles. The van der Waals surface area contributed by atoms with Gasteiger partial charge in [-0.3, -0.25) is 10.2 Å². The van der Waals surface area contributed by atoms with Crippen LogP contribution in [0.2, 0.25) is 0 Å². The van der Waals surface area contributed by atoms with E-state index in [1.54, 1.807) is 93.6 Å². The number of ether oxygens (including phenoxy) is 2. The van der Waals surface area contributed by atoms with E-state index in [2.05, 4.69) is 5.32 Å². The van der Waals surface area contributed by atoms with Crippen LogP contribution < -0.4 is 15.8 Å². The number of esters is 2. The maximum absolute atomic E-state index is 12.6. The Kier molecular flexibility index (Phi) is 9.85. The molecular weight excluding hydrogens is 590 g/mol. The number of carbonyl (C=O) groups is 3. The van der Waals surface area contributed by atoms with Crippen LogP contribution in [0.4, 0.5) is 0 Å². The molecule has 0 fully saturated rings. The molecule has 0 radical (unpaired) electrons. The lowest BCUT2D eigenvalue weighted by atomic mass is 10.1. The number of nitrogen functional groups attached to an aromatic ring is 1. The van der Waals surface area contributed by atoms with E-state index in [0.29, 0.717) is 22.6 Å². The zero-order chi connectivity index (χ0) is 28.9. The van der Waals surface area contributed by atoms with E-state index < -0.39 is 17.5 Å². The number of halogens is 1. The average molecular weight is 621 g/mol. The van der Waals surface area contributed by atoms with Crippen molar-refractivity contribution in [2.24, 2.45) is 5.73 Å². The van der Waals surface area contributed by atoms with E-state index in [1.807, 2.05) is 0 Å². The number of furan rings is 1. The van der Waals surface area contributed by atoms with Crippen LogP contribution in [-0.4, -0.2) is 29.3 Å². The van der Waals surface area contributed by atoms with E-state index in [9.17, 15) is 14.4 Å². The molecule has 0 aliphatic rings. The van der Waals surface area contributed by atoms with Gasteiger partial charge in [0.15, 0.2) is 0 Å². The van der Waals surface area contributed by atoms with Crippen LogP contribution in [0, 0.1) is 5.41 Å². The van der Waals surface area contributed by atoms with Gasteiger partial charge in [0.05, 0.1) is 6.54 Å². The fraction of sp³-hybridized carbons (Fsp3) is 0.161. The summed E-state index contributed by atoms with van der Waals surface area (Å²) in [6.45, 7) is 5.45. The van der Waals surface area contributed by atoms with Crippen LogP contribution in [0.25, 0.3) is 16.8 Å². The van der Waals surface area contributed by atoms with Gasteiger partial charge in [-0.05, 0) is 85.6 Å². The Morgan fingerprint density at radius 1 is 0.927 bits per heavy atom. The first-order chi connectivity index (χ1) is 19.0. The topological polar surface area (TPSA) is 145 Å². The SMILES string of the molecule is Br.CC(C)(C)OC(=O)C=Cc1ccc(C(=O)NCc2ccc(C(=O)Oc3ccc4cc(C(=N)N)ccc4c3)o2)cc1. The third-order valence-corrected chi connectivity index (χ3v) is 5.61. The Morgan fingerprint density at radius 2 is 1.59 bits per heavy atom. The number of carbonyl (C=O) groups excluding carboxylic acids is 3. The maximum atomic E-state index is 12.6. The first-order valence-electron chi connectivity index (χ1n) is 12.5. The zero-order valence-electron chi connectivity index (χ0n) is 22.7. The Hall–Kier alpha value is -4.70.